The molecule has 0 aliphatic rings. The average molecular weight is 288 g/mol. The minimum Gasteiger partial charge on any atom is -0.388 e. The van der Waals surface area contributed by atoms with Gasteiger partial charge in [0.1, 0.15) is 5.69 Å². The summed E-state index contributed by atoms with van der Waals surface area (Å²) in [5, 5.41) is 0. The predicted octanol–water partition coefficient (Wildman–Crippen LogP) is 4.19. The maximum absolute atomic E-state index is 12.3. The molecule has 0 radical (unpaired) electrons. The van der Waals surface area contributed by atoms with Crippen molar-refractivity contribution in [3.05, 3.63) is 17.3 Å². The van der Waals surface area contributed by atoms with Gasteiger partial charge in [0.2, 0.25) is 12.0 Å². The van der Waals surface area contributed by atoms with E-state index in [9.17, 15) is 18.0 Å². The van der Waals surface area contributed by atoms with Crippen LogP contribution in [-0.2, 0) is 4.79 Å². The largest absolute Gasteiger partial charge is 0.574 e. The number of nitrogens with zero attached hydrogens (tertiary/aromatic N) is 2. The number of aromatic nitrogens is 1. The van der Waals surface area contributed by atoms with Gasteiger partial charge in [0.15, 0.2) is 0 Å². The molecule has 0 aliphatic heterocycles. The second-order valence-corrected chi connectivity index (χ2v) is 4.84. The van der Waals surface area contributed by atoms with Gasteiger partial charge < -0.3 is 4.74 Å². The van der Waals surface area contributed by atoms with E-state index < -0.39 is 12.2 Å². The van der Waals surface area contributed by atoms with E-state index in [-0.39, 0.29) is 23.2 Å². The molecule has 110 valence electrons. The number of alkyl halides is 3. The smallest absolute Gasteiger partial charge is 0.388 e. The molecule has 20 heavy (non-hydrogen) atoms. The van der Waals surface area contributed by atoms with Crippen molar-refractivity contribution in [1.82, 2.24) is 4.98 Å². The molecular formula is C13H15F3N2O2. The SMILES string of the molecule is CC(C)c1cc(OC(F)(F)F)nc(C(C)C)c1N=C=O. The molecule has 0 unspecified atom stereocenters. The quantitative estimate of drug-likeness (QED) is 0.616. The number of hydrogen-bond donors (Lipinski definition) is 0. The van der Waals surface area contributed by atoms with E-state index in [1.807, 2.05) is 0 Å². The lowest BCUT2D eigenvalue weighted by molar-refractivity contribution is -0.276. The third-order valence-electron chi connectivity index (χ3n) is 2.57. The Morgan fingerprint density at radius 1 is 1.25 bits per heavy atom. The third kappa shape index (κ3) is 4.06. The topological polar surface area (TPSA) is 51.6 Å². The maximum atomic E-state index is 12.3. The van der Waals surface area contributed by atoms with Crippen LogP contribution in [0.1, 0.15) is 50.8 Å². The van der Waals surface area contributed by atoms with Gasteiger partial charge in [0.05, 0.1) is 5.69 Å². The van der Waals surface area contributed by atoms with E-state index in [1.54, 1.807) is 27.7 Å². The van der Waals surface area contributed by atoms with E-state index in [2.05, 4.69) is 14.7 Å². The first-order chi connectivity index (χ1) is 9.15. The van der Waals surface area contributed by atoms with Crippen LogP contribution in [0, 0.1) is 0 Å². The molecule has 1 aromatic heterocycles. The normalized spacial score (nSPS) is 11.7. The maximum Gasteiger partial charge on any atom is 0.574 e. The predicted molar refractivity (Wildman–Crippen MR) is 66.9 cm³/mol. The first-order valence-electron chi connectivity index (χ1n) is 6.04. The van der Waals surface area contributed by atoms with E-state index in [0.29, 0.717) is 5.56 Å². The van der Waals surface area contributed by atoms with Crippen molar-refractivity contribution < 1.29 is 22.7 Å². The Kier molecular flexibility index (Phi) is 4.89. The summed E-state index contributed by atoms with van der Waals surface area (Å²) in [4.78, 5) is 17.9. The summed E-state index contributed by atoms with van der Waals surface area (Å²) >= 11 is 0. The van der Waals surface area contributed by atoms with Crippen molar-refractivity contribution >= 4 is 11.8 Å². The van der Waals surface area contributed by atoms with Crippen molar-refractivity contribution in [1.29, 1.82) is 0 Å². The van der Waals surface area contributed by atoms with E-state index >= 15 is 0 Å². The third-order valence-corrected chi connectivity index (χ3v) is 2.57. The molecule has 0 bridgehead atoms. The number of pyridine rings is 1. The number of rotatable bonds is 4. The summed E-state index contributed by atoms with van der Waals surface area (Å²) in [6, 6.07) is 1.15. The van der Waals surface area contributed by atoms with Crippen LogP contribution in [0.25, 0.3) is 0 Å². The molecule has 0 atom stereocenters. The Bertz CT molecular complexity index is 504. The van der Waals surface area contributed by atoms with E-state index in [0.717, 1.165) is 6.07 Å². The minimum atomic E-state index is -4.81. The molecule has 7 heteroatoms. The van der Waals surface area contributed by atoms with Gasteiger partial charge in [-0.05, 0) is 17.4 Å². The molecule has 0 fully saturated rings. The lowest BCUT2D eigenvalue weighted by Crippen LogP contribution is -2.18. The van der Waals surface area contributed by atoms with Crippen LogP contribution in [-0.4, -0.2) is 17.4 Å². The molecule has 4 nitrogen and oxygen atoms in total. The van der Waals surface area contributed by atoms with E-state index in [4.69, 9.17) is 0 Å². The molecule has 1 heterocycles. The standard InChI is InChI=1S/C13H15F3N2O2/c1-7(2)9-5-10(20-13(14,15)16)18-11(8(3)4)12(9)17-6-19/h5,7-8H,1-4H3. The van der Waals surface area contributed by atoms with Gasteiger partial charge in [-0.3, -0.25) is 0 Å². The number of aliphatic imine (C=N–C) groups is 1. The number of carbonyl (C=O) groups excluding carboxylic acids is 1. The zero-order chi connectivity index (χ0) is 15.5. The van der Waals surface area contributed by atoms with Gasteiger partial charge in [0.25, 0.3) is 0 Å². The number of isocyanates is 1. The molecule has 1 rings (SSSR count). The number of halogens is 3. The number of ether oxygens (including phenoxy) is 1. The molecule has 0 saturated carbocycles. The van der Waals surface area contributed by atoms with Crippen molar-refractivity contribution in [2.45, 2.75) is 45.9 Å². The Labute approximate surface area is 114 Å². The van der Waals surface area contributed by atoms with Crippen LogP contribution in [0.3, 0.4) is 0 Å². The van der Waals surface area contributed by atoms with Crippen molar-refractivity contribution in [2.24, 2.45) is 4.99 Å². The zero-order valence-corrected chi connectivity index (χ0v) is 11.6. The Morgan fingerprint density at radius 2 is 1.85 bits per heavy atom. The van der Waals surface area contributed by atoms with Crippen molar-refractivity contribution in [3.8, 4) is 5.88 Å². The highest BCUT2D eigenvalue weighted by Crippen LogP contribution is 2.36. The van der Waals surface area contributed by atoms with E-state index in [1.165, 1.54) is 6.08 Å². The second-order valence-electron chi connectivity index (χ2n) is 4.84. The monoisotopic (exact) mass is 288 g/mol. The van der Waals surface area contributed by atoms with Crippen molar-refractivity contribution in [3.63, 3.8) is 0 Å². The van der Waals surface area contributed by atoms with Crippen molar-refractivity contribution in [2.75, 3.05) is 0 Å². The Balaban J connectivity index is 3.50. The molecule has 0 aromatic carbocycles. The summed E-state index contributed by atoms with van der Waals surface area (Å²) in [5.41, 5.74) is 1.00. The molecule has 0 saturated heterocycles. The van der Waals surface area contributed by atoms with Gasteiger partial charge >= 0.3 is 6.36 Å². The van der Waals surface area contributed by atoms with Crippen LogP contribution in [0.15, 0.2) is 11.1 Å². The first-order valence-corrected chi connectivity index (χ1v) is 6.04. The summed E-state index contributed by atoms with van der Waals surface area (Å²) < 4.78 is 40.8. The highest BCUT2D eigenvalue weighted by molar-refractivity contribution is 5.59. The van der Waals surface area contributed by atoms with Crippen LogP contribution >= 0.6 is 0 Å². The minimum absolute atomic E-state index is 0.141. The molecule has 1 aromatic rings. The fourth-order valence-corrected chi connectivity index (χ4v) is 1.73. The van der Waals surface area contributed by atoms with Gasteiger partial charge in [-0.15, -0.1) is 13.2 Å². The van der Waals surface area contributed by atoms with Gasteiger partial charge in [-0.25, -0.2) is 9.78 Å². The summed E-state index contributed by atoms with van der Waals surface area (Å²) in [5.74, 6) is -0.899. The lowest BCUT2D eigenvalue weighted by atomic mass is 9.97. The zero-order valence-electron chi connectivity index (χ0n) is 11.6. The highest BCUT2D eigenvalue weighted by atomic mass is 19.4. The van der Waals surface area contributed by atoms with Crippen LogP contribution in [0.4, 0.5) is 18.9 Å². The molecular weight excluding hydrogens is 273 g/mol. The summed E-state index contributed by atoms with van der Waals surface area (Å²) in [6.07, 6.45) is -3.40. The number of hydrogen-bond acceptors (Lipinski definition) is 4. The van der Waals surface area contributed by atoms with Gasteiger partial charge in [-0.1, -0.05) is 27.7 Å². The summed E-state index contributed by atoms with van der Waals surface area (Å²) in [6.45, 7) is 7.04. The van der Waals surface area contributed by atoms with Crippen LogP contribution in [0.5, 0.6) is 5.88 Å². The highest BCUT2D eigenvalue weighted by Gasteiger charge is 2.32. The Morgan fingerprint density at radius 3 is 2.25 bits per heavy atom. The average Bonchev–Trinajstić information content (AvgIpc) is 2.28. The van der Waals surface area contributed by atoms with Gasteiger partial charge in [-0.2, -0.15) is 4.99 Å². The fraction of sp³-hybridized carbons (Fsp3) is 0.538. The summed E-state index contributed by atoms with van der Waals surface area (Å²) in [7, 11) is 0. The molecule has 0 aliphatic carbocycles. The van der Waals surface area contributed by atoms with Crippen LogP contribution in [0.2, 0.25) is 0 Å². The fourth-order valence-electron chi connectivity index (χ4n) is 1.73. The van der Waals surface area contributed by atoms with Gasteiger partial charge in [0, 0.05) is 6.07 Å². The molecule has 0 N–H and O–H groups in total. The molecule has 0 spiro atoms. The Hall–Kier alpha value is -1.88. The molecule has 0 amide bonds. The van der Waals surface area contributed by atoms with Crippen LogP contribution < -0.4 is 4.74 Å². The lowest BCUT2D eigenvalue weighted by Gasteiger charge is -2.17. The first kappa shape index (κ1) is 16.2. The second kappa shape index (κ2) is 6.05.